The van der Waals surface area contributed by atoms with Crippen LogP contribution in [0.1, 0.15) is 34.1 Å². The Bertz CT molecular complexity index is 791. The van der Waals surface area contributed by atoms with E-state index in [1.807, 2.05) is 6.92 Å². The molecule has 0 amide bonds. The van der Waals surface area contributed by atoms with Crippen molar-refractivity contribution in [3.8, 4) is 0 Å². The Balaban J connectivity index is 2.67. The molecule has 2 rings (SSSR count). The molecule has 1 aliphatic carbocycles. The molecule has 0 aromatic rings. The fourth-order valence-electron chi connectivity index (χ4n) is 3.49. The summed E-state index contributed by atoms with van der Waals surface area (Å²) in [5.74, 6) is -4.15. The summed E-state index contributed by atoms with van der Waals surface area (Å²) in [6.45, 7) is 12.7. The van der Waals surface area contributed by atoms with Gasteiger partial charge in [-0.15, -0.1) is 0 Å². The third-order valence-electron chi connectivity index (χ3n) is 5.09. The van der Waals surface area contributed by atoms with Crippen molar-refractivity contribution in [1.29, 1.82) is 0 Å². The molecular weight excluding hydrogens is 380 g/mol. The number of carbonyl (C=O) groups excluding carboxylic acids is 4. The van der Waals surface area contributed by atoms with Crippen LogP contribution >= 0.6 is 0 Å². The van der Waals surface area contributed by atoms with Gasteiger partial charge in [0, 0.05) is 18.1 Å². The number of ketones is 1. The van der Waals surface area contributed by atoms with E-state index in [2.05, 4.69) is 13.2 Å². The van der Waals surface area contributed by atoms with Crippen LogP contribution in [0, 0.1) is 11.8 Å². The fourth-order valence-corrected chi connectivity index (χ4v) is 3.49. The largest absolute Gasteiger partial charge is 0.458 e. The summed E-state index contributed by atoms with van der Waals surface area (Å²) < 4.78 is 16.2. The maximum Gasteiger partial charge on any atom is 0.334 e. The first-order valence-electron chi connectivity index (χ1n) is 9.24. The highest BCUT2D eigenvalue weighted by molar-refractivity contribution is 5.98. The number of rotatable bonds is 3. The average molecular weight is 406 g/mol. The molecule has 0 radical (unpaired) electrons. The summed E-state index contributed by atoms with van der Waals surface area (Å²) in [7, 11) is 0. The van der Waals surface area contributed by atoms with Crippen molar-refractivity contribution >= 4 is 23.7 Å². The summed E-state index contributed by atoms with van der Waals surface area (Å²) >= 11 is 0. The molecule has 29 heavy (non-hydrogen) atoms. The van der Waals surface area contributed by atoms with Gasteiger partial charge in [-0.1, -0.05) is 26.2 Å². The molecule has 0 bridgehead atoms. The van der Waals surface area contributed by atoms with E-state index < -0.39 is 53.5 Å². The van der Waals surface area contributed by atoms with Crippen LogP contribution in [-0.2, 0) is 33.4 Å². The first-order valence-corrected chi connectivity index (χ1v) is 9.24. The number of fused-ring (bicyclic) bond motifs is 1. The fraction of sp³-hybridized carbons (Fsp3) is 0.524. The van der Waals surface area contributed by atoms with Gasteiger partial charge < -0.3 is 19.3 Å². The number of aliphatic hydroxyl groups is 1. The van der Waals surface area contributed by atoms with Crippen molar-refractivity contribution < 1.29 is 38.5 Å². The number of allylic oxidation sites excluding steroid dienone is 1. The topological polar surface area (TPSA) is 116 Å². The van der Waals surface area contributed by atoms with Crippen LogP contribution < -0.4 is 0 Å². The predicted octanol–water partition coefficient (Wildman–Crippen LogP) is 1.42. The highest BCUT2D eigenvalue weighted by Crippen LogP contribution is 2.40. The van der Waals surface area contributed by atoms with Crippen molar-refractivity contribution in [2.24, 2.45) is 11.8 Å². The first kappa shape index (κ1) is 22.5. The Kier molecular flexibility index (Phi) is 6.47. The molecule has 1 N–H and O–H groups in total. The Labute approximate surface area is 169 Å². The zero-order valence-corrected chi connectivity index (χ0v) is 17.0. The van der Waals surface area contributed by atoms with E-state index in [9.17, 15) is 24.3 Å². The van der Waals surface area contributed by atoms with E-state index in [1.165, 1.54) is 13.0 Å². The van der Waals surface area contributed by atoms with Crippen LogP contribution in [0.3, 0.4) is 0 Å². The van der Waals surface area contributed by atoms with Gasteiger partial charge in [0.05, 0.1) is 5.92 Å². The molecule has 6 atom stereocenters. The molecule has 1 saturated heterocycles. The third kappa shape index (κ3) is 4.64. The van der Waals surface area contributed by atoms with Crippen LogP contribution in [0.5, 0.6) is 0 Å². The zero-order chi connectivity index (χ0) is 22.1. The van der Waals surface area contributed by atoms with E-state index in [4.69, 9.17) is 14.2 Å². The maximum absolute atomic E-state index is 12.7. The van der Waals surface area contributed by atoms with E-state index in [0.717, 1.165) is 13.8 Å². The Hall–Kier alpha value is -2.74. The maximum atomic E-state index is 12.7. The lowest BCUT2D eigenvalue weighted by Gasteiger charge is -2.39. The smallest absolute Gasteiger partial charge is 0.334 e. The van der Waals surface area contributed by atoms with Gasteiger partial charge in [0.1, 0.15) is 6.10 Å². The van der Waals surface area contributed by atoms with Crippen molar-refractivity contribution in [3.63, 3.8) is 0 Å². The SMILES string of the molecule is C=C(C)C(=O)O[C@@H]1[C@@H](OC(C)=O)[C@H]2C(=C)C(=O)O[C@@H]2C[C@@H](C)C=CC(=O)C1(C)O. The minimum atomic E-state index is -2.25. The lowest BCUT2D eigenvalue weighted by atomic mass is 9.77. The second-order valence-electron chi connectivity index (χ2n) is 7.76. The van der Waals surface area contributed by atoms with Crippen LogP contribution in [-0.4, -0.2) is 52.7 Å². The van der Waals surface area contributed by atoms with E-state index >= 15 is 0 Å². The van der Waals surface area contributed by atoms with Gasteiger partial charge in [-0.05, 0) is 32.3 Å². The highest BCUT2D eigenvalue weighted by atomic mass is 16.6. The second-order valence-corrected chi connectivity index (χ2v) is 7.76. The number of ether oxygens (including phenoxy) is 3. The molecule has 2 aliphatic rings. The molecule has 1 heterocycles. The number of esters is 3. The first-order chi connectivity index (χ1) is 13.4. The lowest BCUT2D eigenvalue weighted by Crippen LogP contribution is -2.58. The van der Waals surface area contributed by atoms with Crippen LogP contribution in [0.15, 0.2) is 36.5 Å². The van der Waals surface area contributed by atoms with E-state index in [0.29, 0.717) is 6.42 Å². The van der Waals surface area contributed by atoms with Crippen molar-refractivity contribution in [1.82, 2.24) is 0 Å². The van der Waals surface area contributed by atoms with Crippen molar-refractivity contribution in [3.05, 3.63) is 36.5 Å². The van der Waals surface area contributed by atoms with Gasteiger partial charge in [-0.25, -0.2) is 9.59 Å². The standard InChI is InChI=1S/C21H26O8/c1-10(2)19(24)29-18-17(27-13(5)22)16-12(4)20(25)28-14(16)9-11(3)7-8-15(23)21(18,6)26/h7-8,11,14,16-18,26H,1,4,9H2,2-3,5-6H3/t11-,14+,16-,17-,18+,21?/m0/s1. The predicted molar refractivity (Wildman–Crippen MR) is 101 cm³/mol. The second kappa shape index (κ2) is 8.32. The summed E-state index contributed by atoms with van der Waals surface area (Å²) in [4.78, 5) is 49.0. The van der Waals surface area contributed by atoms with Gasteiger partial charge in [0.25, 0.3) is 0 Å². The summed E-state index contributed by atoms with van der Waals surface area (Å²) in [5, 5.41) is 11.0. The minimum absolute atomic E-state index is 0.0117. The molecule has 0 aromatic carbocycles. The Morgan fingerprint density at radius 3 is 2.45 bits per heavy atom. The molecule has 8 heteroatoms. The van der Waals surface area contributed by atoms with Crippen LogP contribution in [0.25, 0.3) is 0 Å². The van der Waals surface area contributed by atoms with Crippen molar-refractivity contribution in [2.45, 2.75) is 58.0 Å². The molecule has 1 fully saturated rings. The summed E-state index contributed by atoms with van der Waals surface area (Å²) in [5.41, 5.74) is -2.22. The van der Waals surface area contributed by atoms with Gasteiger partial charge in [0.15, 0.2) is 23.6 Å². The molecule has 0 aromatic heterocycles. The van der Waals surface area contributed by atoms with E-state index in [1.54, 1.807) is 6.08 Å². The Morgan fingerprint density at radius 1 is 1.28 bits per heavy atom. The van der Waals surface area contributed by atoms with Crippen molar-refractivity contribution in [2.75, 3.05) is 0 Å². The van der Waals surface area contributed by atoms with Crippen LogP contribution in [0.4, 0.5) is 0 Å². The Morgan fingerprint density at radius 2 is 1.90 bits per heavy atom. The number of hydrogen-bond donors (Lipinski definition) is 1. The number of carbonyl (C=O) groups is 4. The highest BCUT2D eigenvalue weighted by Gasteiger charge is 2.55. The molecule has 1 unspecified atom stereocenters. The molecule has 8 nitrogen and oxygen atoms in total. The minimum Gasteiger partial charge on any atom is -0.458 e. The molecule has 1 aliphatic heterocycles. The quantitative estimate of drug-likeness (QED) is 0.425. The third-order valence-corrected chi connectivity index (χ3v) is 5.09. The normalized spacial score (nSPS) is 34.8. The van der Waals surface area contributed by atoms with Gasteiger partial charge >= 0.3 is 17.9 Å². The van der Waals surface area contributed by atoms with Crippen LogP contribution in [0.2, 0.25) is 0 Å². The molecule has 0 saturated carbocycles. The van der Waals surface area contributed by atoms with Gasteiger partial charge in [0.2, 0.25) is 0 Å². The summed E-state index contributed by atoms with van der Waals surface area (Å²) in [6, 6.07) is 0. The number of hydrogen-bond acceptors (Lipinski definition) is 8. The van der Waals surface area contributed by atoms with Gasteiger partial charge in [-0.2, -0.15) is 0 Å². The zero-order valence-electron chi connectivity index (χ0n) is 17.0. The average Bonchev–Trinajstić information content (AvgIpc) is 2.88. The molecule has 0 spiro atoms. The molecule has 158 valence electrons. The lowest BCUT2D eigenvalue weighted by molar-refractivity contribution is -0.194. The summed E-state index contributed by atoms with van der Waals surface area (Å²) in [6.07, 6.45) is -0.665. The monoisotopic (exact) mass is 406 g/mol. The molecular formula is C21H26O8. The van der Waals surface area contributed by atoms with E-state index in [-0.39, 0.29) is 17.1 Å². The van der Waals surface area contributed by atoms with Gasteiger partial charge in [-0.3, -0.25) is 9.59 Å².